The Kier molecular flexibility index (Phi) is 4.10. The smallest absolute Gasteiger partial charge is 0.288 e. The summed E-state index contributed by atoms with van der Waals surface area (Å²) in [5.74, 6) is -0.748. The van der Waals surface area contributed by atoms with Crippen LogP contribution in [0.1, 0.15) is 0 Å². The lowest BCUT2D eigenvalue weighted by Crippen LogP contribution is -2.21. The third-order valence-corrected chi connectivity index (χ3v) is 2.67. The molecule has 0 spiro atoms. The normalized spacial score (nSPS) is 10.7. The Morgan fingerprint density at radius 3 is 2.20 bits per heavy atom. The molecular weight excluding hydrogens is 254 g/mol. The third kappa shape index (κ3) is 3.00. The van der Waals surface area contributed by atoms with Crippen LogP contribution in [-0.4, -0.2) is 16.8 Å². The van der Waals surface area contributed by atoms with Crippen LogP contribution in [0.15, 0.2) is 59.8 Å². The molecule has 2 aromatic carbocycles. The molecule has 0 aliphatic carbocycles. The molecule has 0 unspecified atom stereocenters. The maximum atomic E-state index is 11.5. The van der Waals surface area contributed by atoms with Crippen molar-refractivity contribution in [2.24, 2.45) is 5.16 Å². The van der Waals surface area contributed by atoms with Crippen LogP contribution in [0.3, 0.4) is 0 Å². The molecule has 2 N–H and O–H groups in total. The Morgan fingerprint density at radius 2 is 1.65 bits per heavy atom. The molecule has 98 valence electrons. The van der Waals surface area contributed by atoms with E-state index >= 15 is 0 Å². The van der Waals surface area contributed by atoms with Crippen molar-refractivity contribution in [2.45, 2.75) is 0 Å². The standard InChI is InChI=1S/C15H11N3O2/c16-10-14(18-20)15(19)17-13-8-6-12(7-9-13)11-4-2-1-3-5-11/h1-9,20H,(H,17,19)/b18-14-. The summed E-state index contributed by atoms with van der Waals surface area (Å²) in [5.41, 5.74) is 2.02. The van der Waals surface area contributed by atoms with Crippen LogP contribution in [0.4, 0.5) is 5.69 Å². The lowest BCUT2D eigenvalue weighted by atomic mass is 10.1. The average Bonchev–Trinajstić information content (AvgIpc) is 2.50. The van der Waals surface area contributed by atoms with Gasteiger partial charge in [-0.05, 0) is 23.3 Å². The Morgan fingerprint density at radius 1 is 1.05 bits per heavy atom. The van der Waals surface area contributed by atoms with Crippen molar-refractivity contribution in [3.05, 3.63) is 54.6 Å². The highest BCUT2D eigenvalue weighted by atomic mass is 16.4. The van der Waals surface area contributed by atoms with Gasteiger partial charge in [0.2, 0.25) is 5.71 Å². The minimum atomic E-state index is -0.748. The molecule has 0 aliphatic rings. The lowest BCUT2D eigenvalue weighted by Gasteiger charge is -2.05. The zero-order chi connectivity index (χ0) is 14.4. The zero-order valence-corrected chi connectivity index (χ0v) is 10.4. The Balaban J connectivity index is 2.14. The van der Waals surface area contributed by atoms with Gasteiger partial charge < -0.3 is 10.5 Å². The Bertz CT molecular complexity index is 671. The van der Waals surface area contributed by atoms with Gasteiger partial charge >= 0.3 is 0 Å². The molecule has 0 bridgehead atoms. The molecule has 1 amide bonds. The number of carbonyl (C=O) groups is 1. The van der Waals surface area contributed by atoms with E-state index in [1.54, 1.807) is 12.1 Å². The van der Waals surface area contributed by atoms with E-state index < -0.39 is 11.6 Å². The highest BCUT2D eigenvalue weighted by Gasteiger charge is 2.11. The highest BCUT2D eigenvalue weighted by Crippen LogP contribution is 2.20. The molecule has 2 rings (SSSR count). The summed E-state index contributed by atoms with van der Waals surface area (Å²) < 4.78 is 0. The maximum Gasteiger partial charge on any atom is 0.288 e. The van der Waals surface area contributed by atoms with Gasteiger partial charge in [-0.15, -0.1) is 0 Å². The number of carbonyl (C=O) groups excluding carboxylic acids is 1. The van der Waals surface area contributed by atoms with Gasteiger partial charge in [0.25, 0.3) is 5.91 Å². The number of oxime groups is 1. The van der Waals surface area contributed by atoms with Crippen molar-refractivity contribution in [3.8, 4) is 17.2 Å². The van der Waals surface area contributed by atoms with E-state index in [0.29, 0.717) is 5.69 Å². The van der Waals surface area contributed by atoms with E-state index in [-0.39, 0.29) is 0 Å². The molecule has 0 saturated heterocycles. The number of nitrogens with zero attached hydrogens (tertiary/aromatic N) is 2. The van der Waals surface area contributed by atoms with Gasteiger partial charge in [-0.3, -0.25) is 4.79 Å². The fourth-order valence-corrected chi connectivity index (χ4v) is 1.69. The fourth-order valence-electron chi connectivity index (χ4n) is 1.69. The molecule has 5 heteroatoms. The van der Waals surface area contributed by atoms with Crippen LogP contribution in [0, 0.1) is 11.3 Å². The quantitative estimate of drug-likeness (QED) is 0.508. The Labute approximate surface area is 115 Å². The number of anilines is 1. The molecule has 0 aliphatic heterocycles. The second-order valence-electron chi connectivity index (χ2n) is 3.96. The number of benzene rings is 2. The molecule has 0 aromatic heterocycles. The van der Waals surface area contributed by atoms with Crippen molar-refractivity contribution in [2.75, 3.05) is 5.32 Å². The predicted octanol–water partition coefficient (Wildman–Crippen LogP) is 2.65. The van der Waals surface area contributed by atoms with E-state index in [2.05, 4.69) is 10.5 Å². The first-order valence-corrected chi connectivity index (χ1v) is 5.83. The monoisotopic (exact) mass is 265 g/mol. The topological polar surface area (TPSA) is 85.5 Å². The summed E-state index contributed by atoms with van der Waals surface area (Å²) in [6.07, 6.45) is 0. The number of rotatable bonds is 3. The van der Waals surface area contributed by atoms with Crippen LogP contribution < -0.4 is 5.32 Å². The Hall–Kier alpha value is -3.13. The largest absolute Gasteiger partial charge is 0.410 e. The van der Waals surface area contributed by atoms with Crippen LogP contribution in [0.2, 0.25) is 0 Å². The van der Waals surface area contributed by atoms with Crippen molar-refractivity contribution in [1.29, 1.82) is 5.26 Å². The van der Waals surface area contributed by atoms with Crippen molar-refractivity contribution < 1.29 is 10.0 Å². The van der Waals surface area contributed by atoms with Gasteiger partial charge in [-0.25, -0.2) is 0 Å². The van der Waals surface area contributed by atoms with Gasteiger partial charge in [-0.1, -0.05) is 47.6 Å². The van der Waals surface area contributed by atoms with E-state index in [1.807, 2.05) is 42.5 Å². The minimum Gasteiger partial charge on any atom is -0.410 e. The summed E-state index contributed by atoms with van der Waals surface area (Å²) >= 11 is 0. The van der Waals surface area contributed by atoms with E-state index in [0.717, 1.165) is 11.1 Å². The second-order valence-corrected chi connectivity index (χ2v) is 3.96. The minimum absolute atomic E-state index is 0.520. The first kappa shape index (κ1) is 13.3. The van der Waals surface area contributed by atoms with Crippen LogP contribution in [-0.2, 0) is 4.79 Å². The maximum absolute atomic E-state index is 11.5. The first-order chi connectivity index (χ1) is 9.74. The SMILES string of the molecule is N#C/C(=N/O)C(=O)Nc1ccc(-c2ccccc2)cc1. The van der Waals surface area contributed by atoms with Crippen LogP contribution in [0.5, 0.6) is 0 Å². The van der Waals surface area contributed by atoms with Crippen molar-refractivity contribution >= 4 is 17.3 Å². The van der Waals surface area contributed by atoms with Gasteiger partial charge in [0, 0.05) is 5.69 Å². The van der Waals surface area contributed by atoms with E-state index in [9.17, 15) is 4.79 Å². The second kappa shape index (κ2) is 6.16. The summed E-state index contributed by atoms with van der Waals surface area (Å²) in [5, 5.41) is 22.1. The molecule has 5 nitrogen and oxygen atoms in total. The molecule has 20 heavy (non-hydrogen) atoms. The third-order valence-electron chi connectivity index (χ3n) is 2.67. The van der Waals surface area contributed by atoms with Gasteiger partial charge in [0.1, 0.15) is 6.07 Å². The molecule has 0 saturated carbocycles. The summed E-state index contributed by atoms with van der Waals surface area (Å²) in [7, 11) is 0. The molecule has 0 fully saturated rings. The number of nitriles is 1. The van der Waals surface area contributed by atoms with E-state index in [1.165, 1.54) is 6.07 Å². The molecule has 2 aromatic rings. The number of amides is 1. The molecule has 0 heterocycles. The van der Waals surface area contributed by atoms with Gasteiger partial charge in [0.15, 0.2) is 0 Å². The molecular formula is C15H11N3O2. The van der Waals surface area contributed by atoms with E-state index in [4.69, 9.17) is 10.5 Å². The zero-order valence-electron chi connectivity index (χ0n) is 10.4. The predicted molar refractivity (Wildman–Crippen MR) is 75.3 cm³/mol. The first-order valence-electron chi connectivity index (χ1n) is 5.83. The van der Waals surface area contributed by atoms with Crippen molar-refractivity contribution in [3.63, 3.8) is 0 Å². The highest BCUT2D eigenvalue weighted by molar-refractivity contribution is 6.48. The molecule has 0 radical (unpaired) electrons. The molecule has 0 atom stereocenters. The van der Waals surface area contributed by atoms with Gasteiger partial charge in [0.05, 0.1) is 0 Å². The average molecular weight is 265 g/mol. The number of hydrogen-bond donors (Lipinski definition) is 2. The summed E-state index contributed by atoms with van der Waals surface area (Å²) in [4.78, 5) is 11.5. The number of hydrogen-bond acceptors (Lipinski definition) is 4. The number of nitrogens with one attached hydrogen (secondary N) is 1. The summed E-state index contributed by atoms with van der Waals surface area (Å²) in [6, 6.07) is 18.4. The lowest BCUT2D eigenvalue weighted by molar-refractivity contribution is -0.110. The van der Waals surface area contributed by atoms with Crippen molar-refractivity contribution in [1.82, 2.24) is 0 Å². The van der Waals surface area contributed by atoms with Crippen LogP contribution >= 0.6 is 0 Å². The van der Waals surface area contributed by atoms with Crippen LogP contribution in [0.25, 0.3) is 11.1 Å². The fraction of sp³-hybridized carbons (Fsp3) is 0. The summed E-state index contributed by atoms with van der Waals surface area (Å²) in [6.45, 7) is 0. The van der Waals surface area contributed by atoms with Gasteiger partial charge in [-0.2, -0.15) is 5.26 Å².